The number of hydrogen-bond acceptors (Lipinski definition) is 4. The second-order valence-corrected chi connectivity index (χ2v) is 5.84. The predicted octanol–water partition coefficient (Wildman–Crippen LogP) is 1.83. The molecular formula is C16H25N3O2. The molecule has 0 radical (unpaired) electrons. The Bertz CT molecular complexity index is 451. The van der Waals surface area contributed by atoms with Crippen LogP contribution < -0.4 is 10.1 Å². The standard InChI is InChI=1S/C16H25N3O2/c1-12(2)16(20)19-8-6-14(7-9-19)17-10-13-4-5-15(21-3)18-11-13/h4-5,11-12,14,17H,6-10H2,1-3H3. The van der Waals surface area contributed by atoms with E-state index in [1.807, 2.05) is 37.1 Å². The molecule has 116 valence electrons. The van der Waals surface area contributed by atoms with Crippen molar-refractivity contribution in [1.82, 2.24) is 15.2 Å². The third-order valence-electron chi connectivity index (χ3n) is 3.90. The first-order chi connectivity index (χ1) is 10.1. The first kappa shape index (κ1) is 15.8. The number of carbonyl (C=O) groups is 1. The molecule has 5 heteroatoms. The van der Waals surface area contributed by atoms with Gasteiger partial charge in [-0.05, 0) is 18.4 Å². The zero-order valence-electron chi connectivity index (χ0n) is 13.1. The Morgan fingerprint density at radius 3 is 2.67 bits per heavy atom. The molecule has 0 atom stereocenters. The second-order valence-electron chi connectivity index (χ2n) is 5.84. The summed E-state index contributed by atoms with van der Waals surface area (Å²) < 4.78 is 5.05. The maximum Gasteiger partial charge on any atom is 0.225 e. The van der Waals surface area contributed by atoms with Gasteiger partial charge in [-0.1, -0.05) is 19.9 Å². The van der Waals surface area contributed by atoms with E-state index in [9.17, 15) is 4.79 Å². The van der Waals surface area contributed by atoms with Gasteiger partial charge in [0.25, 0.3) is 0 Å². The highest BCUT2D eigenvalue weighted by Gasteiger charge is 2.23. The third kappa shape index (κ3) is 4.43. The molecule has 5 nitrogen and oxygen atoms in total. The van der Waals surface area contributed by atoms with Crippen molar-refractivity contribution >= 4 is 5.91 Å². The van der Waals surface area contributed by atoms with Crippen LogP contribution in [0.25, 0.3) is 0 Å². The number of amides is 1. The Hall–Kier alpha value is -1.62. The molecule has 1 aliphatic rings. The van der Waals surface area contributed by atoms with Gasteiger partial charge in [0.2, 0.25) is 11.8 Å². The highest BCUT2D eigenvalue weighted by atomic mass is 16.5. The first-order valence-corrected chi connectivity index (χ1v) is 7.61. The lowest BCUT2D eigenvalue weighted by Crippen LogP contribution is -2.45. The molecule has 1 N–H and O–H groups in total. The summed E-state index contributed by atoms with van der Waals surface area (Å²) in [7, 11) is 1.62. The molecule has 2 heterocycles. The van der Waals surface area contributed by atoms with Crippen LogP contribution in [-0.4, -0.2) is 42.0 Å². The van der Waals surface area contributed by atoms with Crippen molar-refractivity contribution in [3.8, 4) is 5.88 Å². The van der Waals surface area contributed by atoms with E-state index in [1.54, 1.807) is 7.11 Å². The Kier molecular flexibility index (Phi) is 5.56. The lowest BCUT2D eigenvalue weighted by molar-refractivity contribution is -0.135. The van der Waals surface area contributed by atoms with E-state index in [2.05, 4.69) is 10.3 Å². The van der Waals surface area contributed by atoms with Crippen LogP contribution in [0.15, 0.2) is 18.3 Å². The monoisotopic (exact) mass is 291 g/mol. The van der Waals surface area contributed by atoms with E-state index < -0.39 is 0 Å². The molecule has 1 saturated heterocycles. The zero-order valence-corrected chi connectivity index (χ0v) is 13.1. The lowest BCUT2D eigenvalue weighted by Gasteiger charge is -2.33. The largest absolute Gasteiger partial charge is 0.481 e. The molecule has 1 fully saturated rings. The normalized spacial score (nSPS) is 16.3. The van der Waals surface area contributed by atoms with E-state index in [0.717, 1.165) is 38.0 Å². The molecule has 0 saturated carbocycles. The molecular weight excluding hydrogens is 266 g/mol. The van der Waals surface area contributed by atoms with Crippen molar-refractivity contribution in [2.75, 3.05) is 20.2 Å². The maximum absolute atomic E-state index is 11.9. The van der Waals surface area contributed by atoms with Crippen LogP contribution in [0.2, 0.25) is 0 Å². The molecule has 2 rings (SSSR count). The quantitative estimate of drug-likeness (QED) is 0.899. The second kappa shape index (κ2) is 7.41. The van der Waals surface area contributed by atoms with Crippen LogP contribution in [-0.2, 0) is 11.3 Å². The highest BCUT2D eigenvalue weighted by Crippen LogP contribution is 2.14. The summed E-state index contributed by atoms with van der Waals surface area (Å²) in [4.78, 5) is 18.1. The summed E-state index contributed by atoms with van der Waals surface area (Å²) in [5, 5.41) is 3.55. The number of methoxy groups -OCH3 is 1. The first-order valence-electron chi connectivity index (χ1n) is 7.61. The number of piperidine rings is 1. The fourth-order valence-corrected chi connectivity index (χ4v) is 2.57. The van der Waals surface area contributed by atoms with E-state index in [-0.39, 0.29) is 11.8 Å². The van der Waals surface area contributed by atoms with E-state index in [0.29, 0.717) is 11.9 Å². The Morgan fingerprint density at radius 2 is 2.14 bits per heavy atom. The molecule has 1 aromatic rings. The van der Waals surface area contributed by atoms with Gasteiger partial charge in [-0.25, -0.2) is 4.98 Å². The van der Waals surface area contributed by atoms with Gasteiger partial charge in [-0.2, -0.15) is 0 Å². The number of nitrogens with one attached hydrogen (secondary N) is 1. The van der Waals surface area contributed by atoms with Crippen molar-refractivity contribution in [2.24, 2.45) is 5.92 Å². The van der Waals surface area contributed by atoms with Crippen molar-refractivity contribution in [1.29, 1.82) is 0 Å². The predicted molar refractivity (Wildman–Crippen MR) is 82.1 cm³/mol. The van der Waals surface area contributed by atoms with Gasteiger partial charge in [0.05, 0.1) is 7.11 Å². The number of likely N-dealkylation sites (tertiary alicyclic amines) is 1. The number of pyridine rings is 1. The van der Waals surface area contributed by atoms with Crippen molar-refractivity contribution in [2.45, 2.75) is 39.3 Å². The van der Waals surface area contributed by atoms with Gasteiger partial charge >= 0.3 is 0 Å². The molecule has 0 unspecified atom stereocenters. The highest BCUT2D eigenvalue weighted by molar-refractivity contribution is 5.78. The minimum atomic E-state index is 0.0971. The van der Waals surface area contributed by atoms with Crippen molar-refractivity contribution < 1.29 is 9.53 Å². The molecule has 21 heavy (non-hydrogen) atoms. The summed E-state index contributed by atoms with van der Waals surface area (Å²) in [6.45, 7) is 6.44. The maximum atomic E-state index is 11.9. The van der Waals surface area contributed by atoms with Gasteiger partial charge < -0.3 is 15.0 Å². The molecule has 1 aromatic heterocycles. The van der Waals surface area contributed by atoms with Crippen LogP contribution in [0.3, 0.4) is 0 Å². The van der Waals surface area contributed by atoms with Crippen LogP contribution in [0, 0.1) is 5.92 Å². The number of hydrogen-bond donors (Lipinski definition) is 1. The van der Waals surface area contributed by atoms with Crippen LogP contribution in [0.4, 0.5) is 0 Å². The third-order valence-corrected chi connectivity index (χ3v) is 3.90. The number of carbonyl (C=O) groups excluding carboxylic acids is 1. The van der Waals surface area contributed by atoms with Crippen molar-refractivity contribution in [3.05, 3.63) is 23.9 Å². The van der Waals surface area contributed by atoms with E-state index in [1.165, 1.54) is 0 Å². The number of aromatic nitrogens is 1. The SMILES string of the molecule is COc1ccc(CNC2CCN(C(=O)C(C)C)CC2)cn1. The molecule has 0 spiro atoms. The number of rotatable bonds is 5. The number of nitrogens with zero attached hydrogens (tertiary/aromatic N) is 2. The minimum Gasteiger partial charge on any atom is -0.481 e. The van der Waals surface area contributed by atoms with Crippen molar-refractivity contribution in [3.63, 3.8) is 0 Å². The number of ether oxygens (including phenoxy) is 1. The Labute approximate surface area is 126 Å². The van der Waals surface area contributed by atoms with Gasteiger partial charge in [0.1, 0.15) is 0 Å². The summed E-state index contributed by atoms with van der Waals surface area (Å²) in [6.07, 6.45) is 3.87. The summed E-state index contributed by atoms with van der Waals surface area (Å²) in [6, 6.07) is 4.38. The van der Waals surface area contributed by atoms with E-state index in [4.69, 9.17) is 4.74 Å². The molecule has 0 aliphatic carbocycles. The minimum absolute atomic E-state index is 0.0971. The van der Waals surface area contributed by atoms with Crippen LogP contribution in [0.1, 0.15) is 32.3 Å². The average Bonchev–Trinajstić information content (AvgIpc) is 2.53. The Morgan fingerprint density at radius 1 is 1.43 bits per heavy atom. The summed E-state index contributed by atoms with van der Waals surface area (Å²) in [5.41, 5.74) is 1.15. The Balaban J connectivity index is 1.74. The van der Waals surface area contributed by atoms with Gasteiger partial charge in [0.15, 0.2) is 0 Å². The van der Waals surface area contributed by atoms with Crippen LogP contribution in [0.5, 0.6) is 5.88 Å². The average molecular weight is 291 g/mol. The topological polar surface area (TPSA) is 54.5 Å². The van der Waals surface area contributed by atoms with Gasteiger partial charge in [-0.15, -0.1) is 0 Å². The van der Waals surface area contributed by atoms with E-state index >= 15 is 0 Å². The fraction of sp³-hybridized carbons (Fsp3) is 0.625. The fourth-order valence-electron chi connectivity index (χ4n) is 2.57. The smallest absolute Gasteiger partial charge is 0.225 e. The molecule has 0 bridgehead atoms. The molecule has 1 amide bonds. The zero-order chi connectivity index (χ0) is 15.2. The lowest BCUT2D eigenvalue weighted by atomic mass is 10.0. The summed E-state index contributed by atoms with van der Waals surface area (Å²) >= 11 is 0. The molecule has 1 aliphatic heterocycles. The van der Waals surface area contributed by atoms with Gasteiger partial charge in [0, 0.05) is 43.9 Å². The van der Waals surface area contributed by atoms with Crippen LogP contribution >= 0.6 is 0 Å². The summed E-state index contributed by atoms with van der Waals surface area (Å²) in [5.74, 6) is 1.01. The van der Waals surface area contributed by atoms with Gasteiger partial charge in [-0.3, -0.25) is 4.79 Å². The molecule has 0 aromatic carbocycles.